The standard InChI is InChI=1S/C17H22N2O/c1-3-17(18-2)15-4-6-16(7-5-15)20-13-10-14-8-11-19-12-9-14/h4-9,11-12,17-18H,3,10,13H2,1-2H3. The predicted octanol–water partition coefficient (Wildman–Crippen LogP) is 3.37. The van der Waals surface area contributed by atoms with E-state index in [1.54, 1.807) is 0 Å². The lowest BCUT2D eigenvalue weighted by Gasteiger charge is -2.14. The minimum Gasteiger partial charge on any atom is -0.493 e. The van der Waals surface area contributed by atoms with Crippen LogP contribution in [0.1, 0.15) is 30.5 Å². The first-order chi connectivity index (χ1) is 9.83. The molecule has 3 nitrogen and oxygen atoms in total. The fourth-order valence-electron chi connectivity index (χ4n) is 2.24. The van der Waals surface area contributed by atoms with Crippen molar-refractivity contribution in [3.8, 4) is 5.75 Å². The van der Waals surface area contributed by atoms with Crippen molar-refractivity contribution in [2.24, 2.45) is 0 Å². The Balaban J connectivity index is 1.85. The Morgan fingerprint density at radius 1 is 1.10 bits per heavy atom. The highest BCUT2D eigenvalue weighted by Crippen LogP contribution is 2.19. The molecule has 0 saturated carbocycles. The number of rotatable bonds is 7. The summed E-state index contributed by atoms with van der Waals surface area (Å²) in [6.07, 6.45) is 5.61. The molecular weight excluding hydrogens is 248 g/mol. The van der Waals surface area contributed by atoms with Gasteiger partial charge in [-0.2, -0.15) is 0 Å². The highest BCUT2D eigenvalue weighted by molar-refractivity contribution is 5.29. The lowest BCUT2D eigenvalue weighted by Crippen LogP contribution is -2.14. The SMILES string of the molecule is CCC(NC)c1ccc(OCCc2ccncc2)cc1. The van der Waals surface area contributed by atoms with Crippen LogP contribution in [0, 0.1) is 0 Å². The molecule has 0 saturated heterocycles. The van der Waals surface area contributed by atoms with Gasteiger partial charge in [0, 0.05) is 24.9 Å². The van der Waals surface area contributed by atoms with Crippen molar-refractivity contribution in [2.45, 2.75) is 25.8 Å². The van der Waals surface area contributed by atoms with Crippen LogP contribution in [0.4, 0.5) is 0 Å². The normalized spacial score (nSPS) is 12.1. The topological polar surface area (TPSA) is 34.1 Å². The maximum absolute atomic E-state index is 5.77. The quantitative estimate of drug-likeness (QED) is 0.837. The molecule has 0 bridgehead atoms. The zero-order chi connectivity index (χ0) is 14.2. The number of nitrogens with one attached hydrogen (secondary N) is 1. The first kappa shape index (κ1) is 14.5. The van der Waals surface area contributed by atoms with Gasteiger partial charge in [0.25, 0.3) is 0 Å². The van der Waals surface area contributed by atoms with E-state index in [0.29, 0.717) is 12.6 Å². The van der Waals surface area contributed by atoms with Crippen molar-refractivity contribution in [1.82, 2.24) is 10.3 Å². The molecule has 1 N–H and O–H groups in total. The van der Waals surface area contributed by atoms with Crippen LogP contribution >= 0.6 is 0 Å². The van der Waals surface area contributed by atoms with Crippen molar-refractivity contribution >= 4 is 0 Å². The van der Waals surface area contributed by atoms with Crippen LogP contribution in [0.15, 0.2) is 48.8 Å². The highest BCUT2D eigenvalue weighted by Gasteiger charge is 2.05. The first-order valence-corrected chi connectivity index (χ1v) is 7.12. The number of nitrogens with zero attached hydrogens (tertiary/aromatic N) is 1. The van der Waals surface area contributed by atoms with Gasteiger partial charge in [-0.15, -0.1) is 0 Å². The third kappa shape index (κ3) is 4.07. The molecule has 0 aliphatic heterocycles. The lowest BCUT2D eigenvalue weighted by atomic mass is 10.0. The second-order valence-electron chi connectivity index (χ2n) is 4.77. The third-order valence-corrected chi connectivity index (χ3v) is 3.45. The largest absolute Gasteiger partial charge is 0.493 e. The Labute approximate surface area is 121 Å². The van der Waals surface area contributed by atoms with Gasteiger partial charge in [-0.25, -0.2) is 0 Å². The number of hydrogen-bond acceptors (Lipinski definition) is 3. The second-order valence-corrected chi connectivity index (χ2v) is 4.77. The lowest BCUT2D eigenvalue weighted by molar-refractivity contribution is 0.321. The van der Waals surface area contributed by atoms with Crippen LogP contribution < -0.4 is 10.1 Å². The van der Waals surface area contributed by atoms with E-state index in [1.807, 2.05) is 43.7 Å². The molecule has 0 amide bonds. The third-order valence-electron chi connectivity index (χ3n) is 3.45. The summed E-state index contributed by atoms with van der Waals surface area (Å²) in [5, 5.41) is 3.31. The maximum Gasteiger partial charge on any atom is 0.119 e. The van der Waals surface area contributed by atoms with E-state index in [9.17, 15) is 0 Å². The van der Waals surface area contributed by atoms with Gasteiger partial charge in [0.05, 0.1) is 6.61 Å². The van der Waals surface area contributed by atoms with Gasteiger partial charge < -0.3 is 10.1 Å². The minimum absolute atomic E-state index is 0.417. The van der Waals surface area contributed by atoms with E-state index in [1.165, 1.54) is 11.1 Å². The van der Waals surface area contributed by atoms with E-state index in [2.05, 4.69) is 29.4 Å². The smallest absolute Gasteiger partial charge is 0.119 e. The zero-order valence-corrected chi connectivity index (χ0v) is 12.2. The van der Waals surface area contributed by atoms with Crippen molar-refractivity contribution in [3.63, 3.8) is 0 Å². The van der Waals surface area contributed by atoms with Gasteiger partial charge in [-0.1, -0.05) is 19.1 Å². The highest BCUT2D eigenvalue weighted by atomic mass is 16.5. The summed E-state index contributed by atoms with van der Waals surface area (Å²) < 4.78 is 5.77. The fourth-order valence-corrected chi connectivity index (χ4v) is 2.24. The van der Waals surface area contributed by atoms with Crippen LogP contribution in [-0.2, 0) is 6.42 Å². The molecule has 0 aliphatic carbocycles. The molecule has 0 fully saturated rings. The number of aromatic nitrogens is 1. The van der Waals surface area contributed by atoms with Crippen LogP contribution in [0.25, 0.3) is 0 Å². The van der Waals surface area contributed by atoms with Crippen LogP contribution in [0.2, 0.25) is 0 Å². The number of hydrogen-bond donors (Lipinski definition) is 1. The summed E-state index contributed by atoms with van der Waals surface area (Å²) >= 11 is 0. The first-order valence-electron chi connectivity index (χ1n) is 7.12. The minimum atomic E-state index is 0.417. The number of benzene rings is 1. The molecule has 1 aromatic heterocycles. The van der Waals surface area contributed by atoms with E-state index < -0.39 is 0 Å². The van der Waals surface area contributed by atoms with Crippen molar-refractivity contribution < 1.29 is 4.74 Å². The fraction of sp³-hybridized carbons (Fsp3) is 0.353. The van der Waals surface area contributed by atoms with Crippen molar-refractivity contribution in [3.05, 3.63) is 59.9 Å². The molecule has 0 radical (unpaired) electrons. The zero-order valence-electron chi connectivity index (χ0n) is 12.2. The predicted molar refractivity (Wildman–Crippen MR) is 82.0 cm³/mol. The Kier molecular flexibility index (Phi) is 5.56. The average Bonchev–Trinajstić information content (AvgIpc) is 2.51. The summed E-state index contributed by atoms with van der Waals surface area (Å²) in [6, 6.07) is 12.8. The van der Waals surface area contributed by atoms with Crippen LogP contribution in [0.3, 0.4) is 0 Å². The molecule has 1 aromatic carbocycles. The summed E-state index contributed by atoms with van der Waals surface area (Å²) in [5.74, 6) is 0.925. The Morgan fingerprint density at radius 3 is 2.40 bits per heavy atom. The van der Waals surface area contributed by atoms with E-state index >= 15 is 0 Å². The molecule has 2 rings (SSSR count). The molecule has 0 aliphatic rings. The van der Waals surface area contributed by atoms with Gasteiger partial charge >= 0.3 is 0 Å². The van der Waals surface area contributed by atoms with Crippen molar-refractivity contribution in [2.75, 3.05) is 13.7 Å². The average molecular weight is 270 g/mol. The van der Waals surface area contributed by atoms with Crippen LogP contribution in [-0.4, -0.2) is 18.6 Å². The molecule has 0 spiro atoms. The maximum atomic E-state index is 5.77. The summed E-state index contributed by atoms with van der Waals surface area (Å²) in [6.45, 7) is 2.87. The summed E-state index contributed by atoms with van der Waals surface area (Å²) in [4.78, 5) is 4.01. The molecule has 3 heteroatoms. The molecule has 1 unspecified atom stereocenters. The van der Waals surface area contributed by atoms with Crippen molar-refractivity contribution in [1.29, 1.82) is 0 Å². The van der Waals surface area contributed by atoms with Gasteiger partial charge in [0.1, 0.15) is 5.75 Å². The molecule has 1 atom stereocenters. The number of ether oxygens (including phenoxy) is 1. The van der Waals surface area contributed by atoms with Gasteiger partial charge in [-0.3, -0.25) is 4.98 Å². The van der Waals surface area contributed by atoms with E-state index in [0.717, 1.165) is 18.6 Å². The van der Waals surface area contributed by atoms with Gasteiger partial charge in [0.15, 0.2) is 0 Å². The van der Waals surface area contributed by atoms with Crippen LogP contribution in [0.5, 0.6) is 5.75 Å². The second kappa shape index (κ2) is 7.65. The summed E-state index contributed by atoms with van der Waals surface area (Å²) in [5.41, 5.74) is 2.55. The number of pyridine rings is 1. The Hall–Kier alpha value is -1.87. The van der Waals surface area contributed by atoms with E-state index in [-0.39, 0.29) is 0 Å². The molecule has 2 aromatic rings. The molecule has 106 valence electrons. The molecule has 20 heavy (non-hydrogen) atoms. The summed E-state index contributed by atoms with van der Waals surface area (Å²) in [7, 11) is 1.99. The van der Waals surface area contributed by atoms with E-state index in [4.69, 9.17) is 4.74 Å². The van der Waals surface area contributed by atoms with Gasteiger partial charge in [-0.05, 0) is 48.9 Å². The Bertz CT molecular complexity index is 492. The Morgan fingerprint density at radius 2 is 1.80 bits per heavy atom. The molecular formula is C17H22N2O. The monoisotopic (exact) mass is 270 g/mol. The molecule has 1 heterocycles. The van der Waals surface area contributed by atoms with Gasteiger partial charge in [0.2, 0.25) is 0 Å².